The van der Waals surface area contributed by atoms with Gasteiger partial charge < -0.3 is 52.1 Å². The highest BCUT2D eigenvalue weighted by Crippen LogP contribution is 2.42. The molecule has 0 radical (unpaired) electrons. The molecule has 4 aliphatic heterocycles. The first-order chi connectivity index (χ1) is 35.0. The Morgan fingerprint density at radius 1 is 0.423 bits per heavy atom. The van der Waals surface area contributed by atoms with Crippen LogP contribution in [0.1, 0.15) is 55.5 Å². The Bertz CT molecular complexity index is 2840. The van der Waals surface area contributed by atoms with Crippen LogP contribution in [0.15, 0.2) is 194 Å². The van der Waals surface area contributed by atoms with Crippen molar-refractivity contribution >= 4 is 22.7 Å². The number of esters is 2. The van der Waals surface area contributed by atoms with Crippen LogP contribution in [0.3, 0.4) is 0 Å². The zero-order valence-corrected chi connectivity index (χ0v) is 38.5. The summed E-state index contributed by atoms with van der Waals surface area (Å²) in [5.74, 6) is -1.30. The number of carbonyl (C=O) groups excluding carboxylic acids is 2. The standard InChI is InChI=1S/C58H52O13/c59-53(40-21-8-2-9-22-40)67-51-49(61-34-38-30-31-39-20-16-17-29-44(39)32-38)47-45(35-63-55(69-47)42-25-12-4-13-26-42)66-58(51)71-50-48-46(36-64-56(70-48)43-27-14-5-15-28-43)65-57(62-33-37-18-6-1-7-19-37)52(50)68-54(60)41-23-10-3-11-24-41/h1-32,45-52,55-58H,33-36H2/t45-,46-,47-,48-,49+,50+,51+,52+,55?,56?,57-,58+/m1/s1. The number of carbonyl (C=O) groups is 2. The summed E-state index contributed by atoms with van der Waals surface area (Å²) in [6, 6.07) is 60.1. The molecule has 7 aromatic rings. The van der Waals surface area contributed by atoms with Gasteiger partial charge in [-0.15, -0.1) is 0 Å². The van der Waals surface area contributed by atoms with Crippen LogP contribution in [0.25, 0.3) is 10.8 Å². The minimum Gasteiger partial charge on any atom is -0.450 e. The van der Waals surface area contributed by atoms with Gasteiger partial charge in [0.25, 0.3) is 0 Å². The predicted octanol–water partition coefficient (Wildman–Crippen LogP) is 9.46. The van der Waals surface area contributed by atoms with Gasteiger partial charge in [-0.05, 0) is 52.2 Å². The number of ether oxygens (including phenoxy) is 11. The van der Waals surface area contributed by atoms with Crippen molar-refractivity contribution in [2.24, 2.45) is 0 Å². The minimum atomic E-state index is -1.40. The van der Waals surface area contributed by atoms with Crippen molar-refractivity contribution < 1.29 is 61.7 Å². The van der Waals surface area contributed by atoms with Crippen molar-refractivity contribution in [3.05, 3.63) is 228 Å². The normalized spacial score (nSPS) is 28.2. The lowest BCUT2D eigenvalue weighted by atomic mass is 9.95. The van der Waals surface area contributed by atoms with E-state index in [4.69, 9.17) is 52.1 Å². The summed E-state index contributed by atoms with van der Waals surface area (Å²) in [5.41, 5.74) is 3.87. The molecule has 13 nitrogen and oxygen atoms in total. The van der Waals surface area contributed by atoms with E-state index in [1.807, 2.05) is 133 Å². The third kappa shape index (κ3) is 10.7. The van der Waals surface area contributed by atoms with E-state index in [0.29, 0.717) is 11.1 Å². The van der Waals surface area contributed by atoms with E-state index in [1.165, 1.54) is 0 Å². The van der Waals surface area contributed by atoms with Crippen molar-refractivity contribution in [3.8, 4) is 0 Å². The van der Waals surface area contributed by atoms with Gasteiger partial charge >= 0.3 is 11.9 Å². The molecule has 2 unspecified atom stereocenters. The van der Waals surface area contributed by atoms with Gasteiger partial charge in [-0.1, -0.05) is 164 Å². The third-order valence-electron chi connectivity index (χ3n) is 13.0. The molecule has 0 bridgehead atoms. The molecule has 0 aliphatic carbocycles. The quantitative estimate of drug-likeness (QED) is 0.0959. The Hall–Kier alpha value is -6.62. The van der Waals surface area contributed by atoms with Crippen LogP contribution in [-0.2, 0) is 65.3 Å². The van der Waals surface area contributed by atoms with E-state index in [2.05, 4.69) is 12.1 Å². The molecule has 0 saturated carbocycles. The van der Waals surface area contributed by atoms with Gasteiger partial charge in [0.05, 0.1) is 37.6 Å². The first-order valence-corrected chi connectivity index (χ1v) is 23.9. The largest absolute Gasteiger partial charge is 0.450 e. The van der Waals surface area contributed by atoms with Crippen LogP contribution in [-0.4, -0.2) is 86.6 Å². The van der Waals surface area contributed by atoms with Crippen LogP contribution < -0.4 is 0 Å². The SMILES string of the molecule is O=C(O[C@@H]1[C@H](O[C@@H]2[C@H](OC(=O)c3ccccc3)[C@H](OCc3ccccc3)O[C@@H]3COC(c4ccccc4)O[C@@H]23)O[C@@H]2COC(c3ccccc3)O[C@H]2[C@@H]1OCc1ccc2ccccc2c1)c1ccccc1. The molecule has 71 heavy (non-hydrogen) atoms. The predicted molar refractivity (Wildman–Crippen MR) is 257 cm³/mol. The second-order valence-corrected chi connectivity index (χ2v) is 17.8. The highest BCUT2D eigenvalue weighted by atomic mass is 16.8. The molecule has 362 valence electrons. The average Bonchev–Trinajstić information content (AvgIpc) is 3.43. The van der Waals surface area contributed by atoms with Crippen molar-refractivity contribution in [1.29, 1.82) is 0 Å². The molecule has 0 aromatic heterocycles. The summed E-state index contributed by atoms with van der Waals surface area (Å²) in [7, 11) is 0. The minimum absolute atomic E-state index is 0.0642. The van der Waals surface area contributed by atoms with Crippen molar-refractivity contribution in [1.82, 2.24) is 0 Å². The lowest BCUT2D eigenvalue weighted by molar-refractivity contribution is -0.406. The highest BCUT2D eigenvalue weighted by Gasteiger charge is 2.58. The Morgan fingerprint density at radius 3 is 1.46 bits per heavy atom. The molecule has 4 saturated heterocycles. The van der Waals surface area contributed by atoms with Gasteiger partial charge in [-0.25, -0.2) is 9.59 Å². The van der Waals surface area contributed by atoms with Gasteiger partial charge in [0.1, 0.15) is 36.6 Å². The van der Waals surface area contributed by atoms with Gasteiger partial charge in [-0.2, -0.15) is 0 Å². The molecule has 4 fully saturated rings. The van der Waals surface area contributed by atoms with E-state index in [1.54, 1.807) is 48.5 Å². The second kappa shape index (κ2) is 21.8. The van der Waals surface area contributed by atoms with Crippen molar-refractivity contribution in [2.75, 3.05) is 13.2 Å². The summed E-state index contributed by atoms with van der Waals surface area (Å²) in [4.78, 5) is 28.7. The first kappa shape index (κ1) is 46.7. The highest BCUT2D eigenvalue weighted by molar-refractivity contribution is 5.90. The Balaban J connectivity index is 0.992. The fraction of sp³-hybridized carbons (Fsp3) is 0.276. The number of fused-ring (bicyclic) bond motifs is 3. The summed E-state index contributed by atoms with van der Waals surface area (Å²) in [6.07, 6.45) is -12.4. The van der Waals surface area contributed by atoms with E-state index >= 15 is 0 Å². The van der Waals surface area contributed by atoms with Gasteiger partial charge in [-0.3, -0.25) is 0 Å². The first-order valence-electron chi connectivity index (χ1n) is 23.9. The molecular formula is C58H52O13. The summed E-state index contributed by atoms with van der Waals surface area (Å²) in [5, 5.41) is 2.12. The maximum absolute atomic E-state index is 14.4. The molecule has 13 heteroatoms. The molecule has 4 aliphatic rings. The lowest BCUT2D eigenvalue weighted by Crippen LogP contribution is -2.68. The van der Waals surface area contributed by atoms with E-state index in [9.17, 15) is 9.59 Å². The van der Waals surface area contributed by atoms with Gasteiger partial charge in [0, 0.05) is 11.1 Å². The molecule has 0 spiro atoms. The van der Waals surface area contributed by atoms with Gasteiger partial charge in [0.2, 0.25) is 0 Å². The van der Waals surface area contributed by atoms with Crippen LogP contribution in [0.5, 0.6) is 0 Å². The zero-order chi connectivity index (χ0) is 47.9. The van der Waals surface area contributed by atoms with E-state index in [-0.39, 0.29) is 26.4 Å². The van der Waals surface area contributed by atoms with Crippen LogP contribution >= 0.6 is 0 Å². The molecule has 4 heterocycles. The lowest BCUT2D eigenvalue weighted by Gasteiger charge is -2.52. The number of hydrogen-bond acceptors (Lipinski definition) is 13. The summed E-state index contributed by atoms with van der Waals surface area (Å²) in [6.45, 7) is 0.345. The van der Waals surface area contributed by atoms with Crippen molar-refractivity contribution in [2.45, 2.75) is 87.2 Å². The molecule has 7 aromatic carbocycles. The Morgan fingerprint density at radius 2 is 0.887 bits per heavy atom. The average molecular weight is 957 g/mol. The smallest absolute Gasteiger partial charge is 0.338 e. The van der Waals surface area contributed by atoms with E-state index < -0.39 is 85.9 Å². The number of hydrogen-bond donors (Lipinski definition) is 0. The van der Waals surface area contributed by atoms with Crippen LogP contribution in [0.4, 0.5) is 0 Å². The molecule has 11 rings (SSSR count). The van der Waals surface area contributed by atoms with Crippen molar-refractivity contribution in [3.63, 3.8) is 0 Å². The molecular weight excluding hydrogens is 905 g/mol. The molecule has 12 atom stereocenters. The maximum atomic E-state index is 14.4. The van der Waals surface area contributed by atoms with E-state index in [0.717, 1.165) is 33.0 Å². The summed E-state index contributed by atoms with van der Waals surface area (Å²) < 4.78 is 73.7. The fourth-order valence-corrected chi connectivity index (χ4v) is 9.45. The summed E-state index contributed by atoms with van der Waals surface area (Å²) >= 11 is 0. The second-order valence-electron chi connectivity index (χ2n) is 17.8. The third-order valence-corrected chi connectivity index (χ3v) is 13.0. The Labute approximate surface area is 411 Å². The fourth-order valence-electron chi connectivity index (χ4n) is 9.45. The van der Waals surface area contributed by atoms with Crippen LogP contribution in [0, 0.1) is 0 Å². The Kier molecular flexibility index (Phi) is 14.3. The maximum Gasteiger partial charge on any atom is 0.338 e. The number of benzene rings is 7. The molecule has 0 amide bonds. The van der Waals surface area contributed by atoms with Crippen LogP contribution in [0.2, 0.25) is 0 Å². The van der Waals surface area contributed by atoms with Gasteiger partial charge in [0.15, 0.2) is 37.4 Å². The monoisotopic (exact) mass is 956 g/mol. The number of rotatable bonds is 14. The molecule has 0 N–H and O–H groups in total. The zero-order valence-electron chi connectivity index (χ0n) is 38.5. The topological polar surface area (TPSA) is 136 Å².